The van der Waals surface area contributed by atoms with Crippen molar-refractivity contribution in [3.63, 3.8) is 0 Å². The van der Waals surface area contributed by atoms with E-state index in [-0.39, 0.29) is 11.6 Å². The Morgan fingerprint density at radius 2 is 2.03 bits per heavy atom. The second kappa shape index (κ2) is 8.69. The molecule has 4 nitrogen and oxygen atoms in total. The number of hydrogen-bond donors (Lipinski definition) is 1. The first kappa shape index (κ1) is 20.7. The first-order valence-corrected chi connectivity index (χ1v) is 10.7. The van der Waals surface area contributed by atoms with Crippen molar-refractivity contribution in [1.29, 1.82) is 0 Å². The monoisotopic (exact) mass is 403 g/mol. The first-order valence-electron chi connectivity index (χ1n) is 10.7. The highest BCUT2D eigenvalue weighted by Gasteiger charge is 2.38. The molecule has 158 valence electrons. The third kappa shape index (κ3) is 4.80. The fraction of sp³-hybridized carbons (Fsp3) is 0.652. The van der Waals surface area contributed by atoms with Gasteiger partial charge in [-0.05, 0) is 56.1 Å². The van der Waals surface area contributed by atoms with Gasteiger partial charge in [0.05, 0.1) is 12.4 Å². The predicted octanol–water partition coefficient (Wildman–Crippen LogP) is 2.93. The summed E-state index contributed by atoms with van der Waals surface area (Å²) in [6.45, 7) is 7.15. The molecular formula is C23H31F2N3O. The molecule has 4 aliphatic rings. The summed E-state index contributed by atoms with van der Waals surface area (Å²) in [4.78, 5) is 5.04. The molecule has 1 aliphatic carbocycles. The van der Waals surface area contributed by atoms with E-state index in [0.717, 1.165) is 38.0 Å². The Kier molecular flexibility index (Phi) is 6.21. The molecule has 3 atom stereocenters. The van der Waals surface area contributed by atoms with E-state index in [1.54, 1.807) is 11.1 Å². The number of nitrogens with zero attached hydrogens (tertiary/aromatic N) is 2. The molecule has 0 aromatic heterocycles. The number of hydrogen-bond acceptors (Lipinski definition) is 4. The van der Waals surface area contributed by atoms with Gasteiger partial charge in [-0.2, -0.15) is 4.39 Å². The number of nitrogens with two attached hydrogens (primary N) is 1. The van der Waals surface area contributed by atoms with Crippen molar-refractivity contribution in [2.45, 2.75) is 50.8 Å². The molecule has 1 saturated heterocycles. The molecule has 4 rings (SSSR count). The summed E-state index contributed by atoms with van der Waals surface area (Å²) in [6.07, 6.45) is 10.2. The van der Waals surface area contributed by atoms with Crippen molar-refractivity contribution >= 4 is 0 Å². The Hall–Kier alpha value is -1.52. The molecule has 29 heavy (non-hydrogen) atoms. The van der Waals surface area contributed by atoms with Crippen LogP contribution in [0, 0.1) is 18.3 Å². The number of halogens is 2. The molecule has 0 aromatic rings. The van der Waals surface area contributed by atoms with Gasteiger partial charge in [0.25, 0.3) is 0 Å². The van der Waals surface area contributed by atoms with Crippen molar-refractivity contribution in [1.82, 2.24) is 9.80 Å². The van der Waals surface area contributed by atoms with Gasteiger partial charge in [-0.25, -0.2) is 4.39 Å². The summed E-state index contributed by atoms with van der Waals surface area (Å²) < 4.78 is 33.5. The van der Waals surface area contributed by atoms with E-state index in [9.17, 15) is 8.78 Å². The lowest BCUT2D eigenvalue weighted by atomic mass is 9.92. The van der Waals surface area contributed by atoms with Gasteiger partial charge in [-0.1, -0.05) is 5.57 Å². The molecule has 2 N–H and O–H groups in total. The predicted molar refractivity (Wildman–Crippen MR) is 110 cm³/mol. The van der Waals surface area contributed by atoms with E-state index in [0.29, 0.717) is 13.0 Å². The fourth-order valence-electron chi connectivity index (χ4n) is 4.90. The van der Waals surface area contributed by atoms with E-state index in [2.05, 4.69) is 9.80 Å². The van der Waals surface area contributed by atoms with E-state index >= 15 is 0 Å². The molecule has 0 radical (unpaired) electrons. The van der Waals surface area contributed by atoms with Crippen LogP contribution in [0.1, 0.15) is 32.6 Å². The average Bonchev–Trinajstić information content (AvgIpc) is 3.40. The Labute approximate surface area is 172 Å². The van der Waals surface area contributed by atoms with Gasteiger partial charge in [0.15, 0.2) is 5.83 Å². The van der Waals surface area contributed by atoms with Crippen molar-refractivity contribution < 1.29 is 13.5 Å². The lowest BCUT2D eigenvalue weighted by Gasteiger charge is -2.39. The first-order chi connectivity index (χ1) is 13.9. The summed E-state index contributed by atoms with van der Waals surface area (Å²) in [5.74, 6) is 1.55. The number of rotatable bonds is 5. The minimum Gasteiger partial charge on any atom is -0.370 e. The molecular weight excluding hydrogens is 372 g/mol. The Morgan fingerprint density at radius 1 is 1.28 bits per heavy atom. The topological polar surface area (TPSA) is 41.7 Å². The van der Waals surface area contributed by atoms with E-state index in [1.165, 1.54) is 32.9 Å². The van der Waals surface area contributed by atoms with Gasteiger partial charge in [-0.3, -0.25) is 9.80 Å². The van der Waals surface area contributed by atoms with Crippen LogP contribution < -0.4 is 5.73 Å². The number of terminal acetylenes is 1. The highest BCUT2D eigenvalue weighted by atomic mass is 19.1. The van der Waals surface area contributed by atoms with Gasteiger partial charge in [0.1, 0.15) is 6.10 Å². The quantitative estimate of drug-likeness (QED) is 0.435. The largest absolute Gasteiger partial charge is 0.370 e. The molecule has 0 bridgehead atoms. The van der Waals surface area contributed by atoms with Crippen LogP contribution in [-0.2, 0) is 4.74 Å². The van der Waals surface area contributed by atoms with E-state index in [1.807, 2.05) is 5.92 Å². The summed E-state index contributed by atoms with van der Waals surface area (Å²) in [7, 11) is 0. The maximum Gasteiger partial charge on any atom is 0.178 e. The third-order valence-corrected chi connectivity index (χ3v) is 6.60. The minimum absolute atomic E-state index is 0.0352. The van der Waals surface area contributed by atoms with Crippen molar-refractivity contribution in [3.05, 3.63) is 34.4 Å². The van der Waals surface area contributed by atoms with Crippen LogP contribution in [0.3, 0.4) is 0 Å². The zero-order valence-electron chi connectivity index (χ0n) is 17.2. The second-order valence-corrected chi connectivity index (χ2v) is 8.99. The molecule has 0 aromatic carbocycles. The standard InChI is InChI=1S/C23H31F2N3O/c1-3-21(25)20(8-15(2)24)23-22(26)9-19(14-29-23)28-12-17-6-7-27(10-16-4-5-16)11-18(17)13-28/h1,8,16,19,22-23H,4-7,9-14,26H2,2H3. The van der Waals surface area contributed by atoms with Gasteiger partial charge in [0.2, 0.25) is 0 Å². The van der Waals surface area contributed by atoms with Crippen LogP contribution in [0.4, 0.5) is 8.78 Å². The van der Waals surface area contributed by atoms with Crippen LogP contribution >= 0.6 is 0 Å². The zero-order chi connectivity index (χ0) is 20.5. The minimum atomic E-state index is -0.810. The Morgan fingerprint density at radius 3 is 2.69 bits per heavy atom. The molecule has 6 heteroatoms. The molecule has 3 unspecified atom stereocenters. The smallest absolute Gasteiger partial charge is 0.178 e. The molecule has 1 saturated carbocycles. The second-order valence-electron chi connectivity index (χ2n) is 8.99. The molecule has 0 spiro atoms. The van der Waals surface area contributed by atoms with Gasteiger partial charge < -0.3 is 10.5 Å². The fourth-order valence-corrected chi connectivity index (χ4v) is 4.90. The number of allylic oxidation sites excluding steroid dienone is 2. The molecule has 3 heterocycles. The van der Waals surface area contributed by atoms with E-state index < -0.39 is 23.8 Å². The van der Waals surface area contributed by atoms with Crippen LogP contribution in [0.2, 0.25) is 0 Å². The Bertz CT molecular complexity index is 773. The summed E-state index contributed by atoms with van der Waals surface area (Å²) in [5, 5.41) is 0. The normalized spacial score (nSPS) is 32.8. The van der Waals surface area contributed by atoms with Gasteiger partial charge in [0, 0.05) is 50.4 Å². The van der Waals surface area contributed by atoms with Gasteiger partial charge >= 0.3 is 0 Å². The molecule has 2 fully saturated rings. The van der Waals surface area contributed by atoms with Crippen LogP contribution in [-0.4, -0.2) is 67.3 Å². The third-order valence-electron chi connectivity index (χ3n) is 6.60. The SMILES string of the molecule is C#CC(F)=C(C=C(C)F)C1OCC(N2CC3=C(CN(CC4CC4)CC3)C2)CC1N. The van der Waals surface area contributed by atoms with Crippen molar-refractivity contribution in [2.75, 3.05) is 39.3 Å². The maximum atomic E-state index is 14.1. The highest BCUT2D eigenvalue weighted by molar-refractivity contribution is 5.37. The average molecular weight is 404 g/mol. The van der Waals surface area contributed by atoms with Crippen molar-refractivity contribution in [2.24, 2.45) is 11.7 Å². The molecule has 3 aliphatic heterocycles. The maximum absolute atomic E-state index is 14.1. The van der Waals surface area contributed by atoms with Crippen molar-refractivity contribution in [3.8, 4) is 12.3 Å². The zero-order valence-corrected chi connectivity index (χ0v) is 17.2. The highest BCUT2D eigenvalue weighted by Crippen LogP contribution is 2.34. The summed E-state index contributed by atoms with van der Waals surface area (Å²) in [6, 6.07) is -0.239. The van der Waals surface area contributed by atoms with Crippen LogP contribution in [0.15, 0.2) is 34.4 Å². The van der Waals surface area contributed by atoms with E-state index in [4.69, 9.17) is 16.9 Å². The number of ether oxygens (including phenoxy) is 1. The lowest BCUT2D eigenvalue weighted by molar-refractivity contribution is -0.0249. The molecule has 0 amide bonds. The van der Waals surface area contributed by atoms with Crippen LogP contribution in [0.5, 0.6) is 0 Å². The van der Waals surface area contributed by atoms with Crippen LogP contribution in [0.25, 0.3) is 0 Å². The Balaban J connectivity index is 1.36. The summed E-state index contributed by atoms with van der Waals surface area (Å²) >= 11 is 0. The lowest BCUT2D eigenvalue weighted by Crippen LogP contribution is -2.52. The summed E-state index contributed by atoms with van der Waals surface area (Å²) in [5.41, 5.74) is 9.51. The van der Waals surface area contributed by atoms with Gasteiger partial charge in [-0.15, -0.1) is 6.42 Å².